The predicted molar refractivity (Wildman–Crippen MR) is 117 cm³/mol. The van der Waals surface area contributed by atoms with E-state index < -0.39 is 5.97 Å². The van der Waals surface area contributed by atoms with Gasteiger partial charge in [-0.05, 0) is 55.7 Å². The molecule has 0 saturated carbocycles. The summed E-state index contributed by atoms with van der Waals surface area (Å²) in [6, 6.07) is 16.9. The molecule has 0 bridgehead atoms. The molecular weight excluding hydrogens is 396 g/mol. The third-order valence-electron chi connectivity index (χ3n) is 4.65. The second-order valence-electron chi connectivity index (χ2n) is 6.96. The summed E-state index contributed by atoms with van der Waals surface area (Å²) in [4.78, 5) is 21.2. The van der Waals surface area contributed by atoms with Crippen LogP contribution in [0.1, 0.15) is 37.3 Å². The van der Waals surface area contributed by atoms with E-state index in [1.54, 1.807) is 31.2 Å². The van der Waals surface area contributed by atoms with Crippen LogP contribution < -0.4 is 10.2 Å². The Balaban J connectivity index is 1.68. The number of hydrogen-bond acceptors (Lipinski definition) is 6. The Hall–Kier alpha value is -3.58. The van der Waals surface area contributed by atoms with Crippen molar-refractivity contribution in [1.82, 2.24) is 10.5 Å². The van der Waals surface area contributed by atoms with E-state index in [2.05, 4.69) is 10.5 Å². The van der Waals surface area contributed by atoms with Crippen molar-refractivity contribution in [3.05, 3.63) is 77.3 Å². The van der Waals surface area contributed by atoms with Crippen LogP contribution in [-0.4, -0.2) is 22.7 Å². The number of allylic oxidation sites excluding steroid dienone is 1. The molecule has 2 aromatic carbocycles. The molecule has 3 aromatic rings. The van der Waals surface area contributed by atoms with Crippen molar-refractivity contribution in [1.29, 1.82) is 0 Å². The molecule has 162 valence electrons. The summed E-state index contributed by atoms with van der Waals surface area (Å²) < 4.78 is 11.6. The minimum atomic E-state index is -1.08. The van der Waals surface area contributed by atoms with Gasteiger partial charge in [0.15, 0.2) is 0 Å². The van der Waals surface area contributed by atoms with Crippen LogP contribution in [-0.2, 0) is 16.2 Å². The zero-order valence-electron chi connectivity index (χ0n) is 17.8. The van der Waals surface area contributed by atoms with E-state index in [4.69, 9.17) is 14.0 Å². The Morgan fingerprint density at radius 1 is 1.13 bits per heavy atom. The lowest BCUT2D eigenvalue weighted by Gasteiger charge is -2.12. The average molecular weight is 422 g/mol. The summed E-state index contributed by atoms with van der Waals surface area (Å²) in [7, 11) is 0. The molecule has 0 saturated heterocycles. The van der Waals surface area contributed by atoms with Crippen molar-refractivity contribution in [2.24, 2.45) is 0 Å². The van der Waals surface area contributed by atoms with Gasteiger partial charge in [-0.15, -0.1) is 0 Å². The number of aromatic nitrogens is 1. The van der Waals surface area contributed by atoms with Crippen molar-refractivity contribution in [2.45, 2.75) is 33.8 Å². The van der Waals surface area contributed by atoms with Crippen molar-refractivity contribution in [3.63, 3.8) is 0 Å². The number of carbonyl (C=O) groups is 1. The number of carboxylic acids is 1. The third kappa shape index (κ3) is 5.73. The average Bonchev–Trinajstić information content (AvgIpc) is 3.16. The molecule has 1 heterocycles. The standard InChI is InChI=1S/C24H26N2O5/c1-4-14-30-26-22(24(27)28)16(2)18-10-12-20(13-11-18)29-15-21-17(3)31-23(25-21)19-8-6-5-7-9-19/h5-13,26H,4,14-15H2,1-3H3,(H,27,28). The van der Waals surface area contributed by atoms with Gasteiger partial charge in [-0.25, -0.2) is 9.78 Å². The fourth-order valence-corrected chi connectivity index (χ4v) is 2.87. The number of hydroxylamine groups is 1. The highest BCUT2D eigenvalue weighted by molar-refractivity contribution is 5.95. The second-order valence-corrected chi connectivity index (χ2v) is 6.96. The fourth-order valence-electron chi connectivity index (χ4n) is 2.87. The van der Waals surface area contributed by atoms with Crippen LogP contribution in [0.25, 0.3) is 17.0 Å². The molecule has 0 aliphatic heterocycles. The SMILES string of the molecule is CCCONC(C(=O)O)=C(C)c1ccc(OCc2nc(-c3ccccc3)oc2C)cc1. The number of nitrogens with zero attached hydrogens (tertiary/aromatic N) is 1. The monoisotopic (exact) mass is 422 g/mol. The van der Waals surface area contributed by atoms with Crippen molar-refractivity contribution < 1.29 is 23.9 Å². The highest BCUT2D eigenvalue weighted by Gasteiger charge is 2.14. The molecular formula is C24H26N2O5. The van der Waals surface area contributed by atoms with E-state index in [1.165, 1.54) is 0 Å². The number of rotatable bonds is 10. The molecule has 0 aliphatic carbocycles. The van der Waals surface area contributed by atoms with E-state index in [1.807, 2.05) is 44.2 Å². The maximum Gasteiger partial charge on any atom is 0.354 e. The lowest BCUT2D eigenvalue weighted by atomic mass is 10.1. The van der Waals surface area contributed by atoms with Crippen molar-refractivity contribution >= 4 is 11.5 Å². The summed E-state index contributed by atoms with van der Waals surface area (Å²) in [5.74, 6) is 0.835. The zero-order valence-corrected chi connectivity index (χ0v) is 17.8. The maximum atomic E-state index is 11.5. The van der Waals surface area contributed by atoms with Crippen LogP contribution in [0.3, 0.4) is 0 Å². The first kappa shape index (κ1) is 22.1. The van der Waals surface area contributed by atoms with Gasteiger partial charge in [0.2, 0.25) is 5.89 Å². The summed E-state index contributed by atoms with van der Waals surface area (Å²) in [6.07, 6.45) is 0.781. The summed E-state index contributed by atoms with van der Waals surface area (Å²) in [5, 5.41) is 9.44. The number of hydrogen-bond donors (Lipinski definition) is 2. The normalized spacial score (nSPS) is 11.7. The second kappa shape index (κ2) is 10.4. The number of carboxylic acid groups (broad SMARTS) is 1. The Morgan fingerprint density at radius 2 is 1.84 bits per heavy atom. The molecule has 0 spiro atoms. The number of aryl methyl sites for hydroxylation is 1. The fraction of sp³-hybridized carbons (Fsp3) is 0.250. The first-order valence-corrected chi connectivity index (χ1v) is 10.1. The van der Waals surface area contributed by atoms with Gasteiger partial charge in [0.05, 0.1) is 6.61 Å². The minimum absolute atomic E-state index is 0.00813. The molecule has 2 N–H and O–H groups in total. The molecule has 7 heteroatoms. The lowest BCUT2D eigenvalue weighted by molar-refractivity contribution is -0.134. The highest BCUT2D eigenvalue weighted by atomic mass is 16.6. The topological polar surface area (TPSA) is 93.8 Å². The Bertz CT molecular complexity index is 1040. The van der Waals surface area contributed by atoms with Crippen LogP contribution in [0.15, 0.2) is 64.7 Å². The number of benzene rings is 2. The first-order valence-electron chi connectivity index (χ1n) is 10.1. The van der Waals surface area contributed by atoms with Crippen molar-refractivity contribution in [3.8, 4) is 17.2 Å². The molecule has 0 radical (unpaired) electrons. The smallest absolute Gasteiger partial charge is 0.354 e. The molecule has 0 aliphatic rings. The molecule has 0 unspecified atom stereocenters. The molecule has 0 amide bonds. The van der Waals surface area contributed by atoms with Gasteiger partial charge in [-0.3, -0.25) is 10.3 Å². The van der Waals surface area contributed by atoms with Crippen LogP contribution in [0.4, 0.5) is 0 Å². The van der Waals surface area contributed by atoms with E-state index in [9.17, 15) is 9.90 Å². The van der Waals surface area contributed by atoms with Crippen LogP contribution >= 0.6 is 0 Å². The van der Waals surface area contributed by atoms with E-state index in [0.29, 0.717) is 29.6 Å². The summed E-state index contributed by atoms with van der Waals surface area (Å²) >= 11 is 0. The number of aliphatic carboxylic acids is 1. The van der Waals surface area contributed by atoms with E-state index in [0.717, 1.165) is 23.2 Å². The molecule has 0 atom stereocenters. The van der Waals surface area contributed by atoms with Crippen LogP contribution in [0.5, 0.6) is 5.75 Å². The van der Waals surface area contributed by atoms with Crippen LogP contribution in [0.2, 0.25) is 0 Å². The van der Waals surface area contributed by atoms with Gasteiger partial charge in [0.25, 0.3) is 0 Å². The molecule has 7 nitrogen and oxygen atoms in total. The highest BCUT2D eigenvalue weighted by Crippen LogP contribution is 2.24. The van der Waals surface area contributed by atoms with Crippen LogP contribution in [0, 0.1) is 6.92 Å². The van der Waals surface area contributed by atoms with Gasteiger partial charge >= 0.3 is 5.97 Å². The third-order valence-corrected chi connectivity index (χ3v) is 4.65. The number of nitrogens with one attached hydrogen (secondary N) is 1. The number of oxazole rings is 1. The molecule has 31 heavy (non-hydrogen) atoms. The molecule has 1 aromatic heterocycles. The van der Waals surface area contributed by atoms with Gasteiger partial charge < -0.3 is 14.3 Å². The lowest BCUT2D eigenvalue weighted by Crippen LogP contribution is -2.22. The van der Waals surface area contributed by atoms with E-state index in [-0.39, 0.29) is 12.3 Å². The minimum Gasteiger partial charge on any atom is -0.487 e. The van der Waals surface area contributed by atoms with E-state index >= 15 is 0 Å². The Morgan fingerprint density at radius 3 is 2.48 bits per heavy atom. The Labute approximate surface area is 181 Å². The molecule has 3 rings (SSSR count). The predicted octanol–water partition coefficient (Wildman–Crippen LogP) is 4.98. The molecule has 0 fully saturated rings. The first-order chi connectivity index (χ1) is 15.0. The van der Waals surface area contributed by atoms with Gasteiger partial charge in [0, 0.05) is 5.56 Å². The van der Waals surface area contributed by atoms with Gasteiger partial charge in [0.1, 0.15) is 29.5 Å². The summed E-state index contributed by atoms with van der Waals surface area (Å²) in [5.41, 5.74) is 5.49. The maximum absolute atomic E-state index is 11.5. The summed E-state index contributed by atoms with van der Waals surface area (Å²) in [6.45, 7) is 6.22. The van der Waals surface area contributed by atoms with Gasteiger partial charge in [-0.1, -0.05) is 37.3 Å². The number of ether oxygens (including phenoxy) is 1. The zero-order chi connectivity index (χ0) is 22.2. The van der Waals surface area contributed by atoms with Crippen molar-refractivity contribution in [2.75, 3.05) is 6.61 Å². The Kier molecular flexibility index (Phi) is 7.45. The quantitative estimate of drug-likeness (QED) is 0.270. The van der Waals surface area contributed by atoms with Gasteiger partial charge in [-0.2, -0.15) is 0 Å². The largest absolute Gasteiger partial charge is 0.487 e.